The Kier molecular flexibility index (Phi) is 3.63. The molecule has 0 saturated heterocycles. The molecule has 1 aromatic carbocycles. The topological polar surface area (TPSA) is 80.9 Å². The Morgan fingerprint density at radius 2 is 2.17 bits per heavy atom. The van der Waals surface area contributed by atoms with Crippen LogP contribution < -0.4 is 11.1 Å². The first-order valence-electron chi connectivity index (χ1n) is 5.08. The van der Waals surface area contributed by atoms with Crippen LogP contribution in [0.5, 0.6) is 0 Å². The maximum atomic E-state index is 12.0. The molecule has 0 saturated carbocycles. The van der Waals surface area contributed by atoms with Crippen LogP contribution in [0.15, 0.2) is 24.3 Å². The summed E-state index contributed by atoms with van der Waals surface area (Å²) in [6.45, 7) is 1.73. The van der Waals surface area contributed by atoms with E-state index in [2.05, 4.69) is 14.9 Å². The van der Waals surface area contributed by atoms with Crippen molar-refractivity contribution < 1.29 is 4.79 Å². The average molecular weight is 278 g/mol. The van der Waals surface area contributed by atoms with Crippen LogP contribution in [0.3, 0.4) is 0 Å². The van der Waals surface area contributed by atoms with Gasteiger partial charge in [-0.1, -0.05) is 28.8 Å². The SMILES string of the molecule is Cc1nnsc1C(=O)Nc1ccccc1C(N)=S. The minimum atomic E-state index is -0.258. The number of nitrogens with zero attached hydrogens (tertiary/aromatic N) is 2. The summed E-state index contributed by atoms with van der Waals surface area (Å²) >= 11 is 5.99. The van der Waals surface area contributed by atoms with E-state index in [0.29, 0.717) is 21.8 Å². The molecule has 0 unspecified atom stereocenters. The molecule has 0 aliphatic rings. The fourth-order valence-electron chi connectivity index (χ4n) is 1.43. The fourth-order valence-corrected chi connectivity index (χ4v) is 2.16. The van der Waals surface area contributed by atoms with Crippen LogP contribution in [0.25, 0.3) is 0 Å². The maximum Gasteiger partial charge on any atom is 0.269 e. The van der Waals surface area contributed by atoms with Gasteiger partial charge in [-0.25, -0.2) is 0 Å². The quantitative estimate of drug-likeness (QED) is 0.836. The number of aromatic nitrogens is 2. The molecule has 0 fully saturated rings. The number of benzene rings is 1. The highest BCUT2D eigenvalue weighted by Gasteiger charge is 2.15. The van der Waals surface area contributed by atoms with E-state index in [1.165, 1.54) is 0 Å². The van der Waals surface area contributed by atoms with E-state index in [1.807, 2.05) is 6.07 Å². The Morgan fingerprint density at radius 1 is 1.44 bits per heavy atom. The number of hydrogen-bond donors (Lipinski definition) is 2. The molecule has 1 aromatic heterocycles. The van der Waals surface area contributed by atoms with Gasteiger partial charge in [0.15, 0.2) is 0 Å². The van der Waals surface area contributed by atoms with Crippen LogP contribution in [0.4, 0.5) is 5.69 Å². The van der Waals surface area contributed by atoms with Gasteiger partial charge in [-0.2, -0.15) is 0 Å². The molecule has 0 atom stereocenters. The molecule has 18 heavy (non-hydrogen) atoms. The van der Waals surface area contributed by atoms with Crippen molar-refractivity contribution in [2.75, 3.05) is 5.32 Å². The zero-order valence-electron chi connectivity index (χ0n) is 9.51. The smallest absolute Gasteiger partial charge is 0.269 e. The lowest BCUT2D eigenvalue weighted by Crippen LogP contribution is -2.17. The Bertz CT molecular complexity index is 609. The van der Waals surface area contributed by atoms with Crippen molar-refractivity contribution in [1.82, 2.24) is 9.59 Å². The molecular formula is C11H10N4OS2. The normalized spacial score (nSPS) is 10.1. The Morgan fingerprint density at radius 3 is 2.78 bits per heavy atom. The van der Waals surface area contributed by atoms with Crippen LogP contribution in [0, 0.1) is 6.92 Å². The van der Waals surface area contributed by atoms with Gasteiger partial charge in [0, 0.05) is 5.56 Å². The number of para-hydroxylation sites is 1. The highest BCUT2D eigenvalue weighted by atomic mass is 32.1. The molecule has 0 bridgehead atoms. The lowest BCUT2D eigenvalue weighted by molar-refractivity contribution is 0.103. The molecule has 2 aromatic rings. The van der Waals surface area contributed by atoms with Crippen molar-refractivity contribution in [3.8, 4) is 0 Å². The molecular weight excluding hydrogens is 268 g/mol. The molecule has 92 valence electrons. The fraction of sp³-hybridized carbons (Fsp3) is 0.0909. The summed E-state index contributed by atoms with van der Waals surface area (Å²) in [7, 11) is 0. The van der Waals surface area contributed by atoms with Gasteiger partial charge in [0.1, 0.15) is 9.87 Å². The summed E-state index contributed by atoms with van der Waals surface area (Å²) < 4.78 is 3.72. The third kappa shape index (κ3) is 2.52. The van der Waals surface area contributed by atoms with Gasteiger partial charge in [-0.15, -0.1) is 5.10 Å². The average Bonchev–Trinajstić information content (AvgIpc) is 2.76. The second-order valence-electron chi connectivity index (χ2n) is 3.55. The van der Waals surface area contributed by atoms with Gasteiger partial charge in [-0.05, 0) is 30.6 Å². The number of anilines is 1. The van der Waals surface area contributed by atoms with Gasteiger partial charge in [-0.3, -0.25) is 4.79 Å². The van der Waals surface area contributed by atoms with Gasteiger partial charge in [0.05, 0.1) is 11.4 Å². The van der Waals surface area contributed by atoms with E-state index in [4.69, 9.17) is 18.0 Å². The number of aryl methyl sites for hydroxylation is 1. The molecule has 0 aliphatic carbocycles. The Hall–Kier alpha value is -1.86. The molecule has 2 rings (SSSR count). The number of amides is 1. The van der Waals surface area contributed by atoms with E-state index in [9.17, 15) is 4.79 Å². The number of hydrogen-bond acceptors (Lipinski definition) is 5. The van der Waals surface area contributed by atoms with Gasteiger partial charge in [0.2, 0.25) is 0 Å². The third-order valence-electron chi connectivity index (χ3n) is 2.30. The molecule has 0 spiro atoms. The third-order valence-corrected chi connectivity index (χ3v) is 3.35. The lowest BCUT2D eigenvalue weighted by Gasteiger charge is -2.08. The lowest BCUT2D eigenvalue weighted by atomic mass is 10.1. The first-order chi connectivity index (χ1) is 8.59. The molecule has 7 heteroatoms. The number of nitrogens with two attached hydrogens (primary N) is 1. The number of rotatable bonds is 3. The standard InChI is InChI=1S/C11H10N4OS2/c1-6-9(18-15-14-6)11(16)13-8-5-3-2-4-7(8)10(12)17/h2-5H,1H3,(H2,12,17)(H,13,16). The van der Waals surface area contributed by atoms with Gasteiger partial charge in [0.25, 0.3) is 5.91 Å². The first kappa shape index (κ1) is 12.6. The first-order valence-corrected chi connectivity index (χ1v) is 6.27. The van der Waals surface area contributed by atoms with Crippen LogP contribution in [0.2, 0.25) is 0 Å². The number of carbonyl (C=O) groups excluding carboxylic acids is 1. The predicted octanol–water partition coefficient (Wildman–Crippen LogP) is 1.73. The highest BCUT2D eigenvalue weighted by molar-refractivity contribution is 7.80. The molecule has 1 heterocycles. The summed E-state index contributed by atoms with van der Waals surface area (Å²) in [5.74, 6) is -0.258. The predicted molar refractivity (Wildman–Crippen MR) is 74.9 cm³/mol. The van der Waals surface area contributed by atoms with E-state index in [0.717, 1.165) is 11.5 Å². The van der Waals surface area contributed by atoms with Crippen LogP contribution >= 0.6 is 23.8 Å². The van der Waals surface area contributed by atoms with Crippen molar-refractivity contribution in [3.63, 3.8) is 0 Å². The van der Waals surface area contributed by atoms with E-state index >= 15 is 0 Å². The summed E-state index contributed by atoms with van der Waals surface area (Å²) in [5, 5.41) is 6.55. The molecule has 1 amide bonds. The van der Waals surface area contributed by atoms with Crippen LogP contribution in [-0.2, 0) is 0 Å². The van der Waals surface area contributed by atoms with Crippen molar-refractivity contribution in [3.05, 3.63) is 40.4 Å². The largest absolute Gasteiger partial charge is 0.389 e. The van der Waals surface area contributed by atoms with Crippen molar-refractivity contribution >= 4 is 40.3 Å². The molecule has 5 nitrogen and oxygen atoms in total. The molecule has 0 aliphatic heterocycles. The van der Waals surface area contributed by atoms with E-state index in [-0.39, 0.29) is 10.9 Å². The van der Waals surface area contributed by atoms with Gasteiger partial charge < -0.3 is 11.1 Å². The summed E-state index contributed by atoms with van der Waals surface area (Å²) in [6, 6.07) is 7.12. The molecule has 0 radical (unpaired) electrons. The van der Waals surface area contributed by atoms with Gasteiger partial charge >= 0.3 is 0 Å². The monoisotopic (exact) mass is 278 g/mol. The van der Waals surface area contributed by atoms with Crippen molar-refractivity contribution in [2.24, 2.45) is 5.73 Å². The number of thiocarbonyl (C=S) groups is 1. The highest BCUT2D eigenvalue weighted by Crippen LogP contribution is 2.17. The second kappa shape index (κ2) is 5.19. The second-order valence-corrected chi connectivity index (χ2v) is 4.75. The van der Waals surface area contributed by atoms with Crippen LogP contribution in [-0.4, -0.2) is 20.5 Å². The van der Waals surface area contributed by atoms with Crippen molar-refractivity contribution in [2.45, 2.75) is 6.92 Å². The minimum Gasteiger partial charge on any atom is -0.389 e. The zero-order chi connectivity index (χ0) is 13.1. The Labute approximate surface area is 113 Å². The summed E-state index contributed by atoms with van der Waals surface area (Å²) in [4.78, 5) is 12.7. The summed E-state index contributed by atoms with van der Waals surface area (Å²) in [6.07, 6.45) is 0. The summed E-state index contributed by atoms with van der Waals surface area (Å²) in [5.41, 5.74) is 7.42. The molecule has 3 N–H and O–H groups in total. The van der Waals surface area contributed by atoms with Crippen LogP contribution in [0.1, 0.15) is 20.9 Å². The van der Waals surface area contributed by atoms with Crippen molar-refractivity contribution in [1.29, 1.82) is 0 Å². The minimum absolute atomic E-state index is 0.241. The van der Waals surface area contributed by atoms with E-state index in [1.54, 1.807) is 25.1 Å². The zero-order valence-corrected chi connectivity index (χ0v) is 11.1. The number of nitrogens with one attached hydrogen (secondary N) is 1. The van der Waals surface area contributed by atoms with E-state index < -0.39 is 0 Å². The Balaban J connectivity index is 2.28. The number of carbonyl (C=O) groups is 1. The maximum absolute atomic E-state index is 12.0.